The van der Waals surface area contributed by atoms with E-state index in [0.29, 0.717) is 27.8 Å². The number of halogens is 3. The monoisotopic (exact) mass is 485 g/mol. The Hall–Kier alpha value is -3.20. The molecule has 9 heteroatoms. The largest absolute Gasteiger partial charge is 0.772 e. The van der Waals surface area contributed by atoms with Crippen molar-refractivity contribution < 1.29 is 17.5 Å². The minimum Gasteiger partial charge on any atom is -0.772 e. The summed E-state index contributed by atoms with van der Waals surface area (Å²) in [6.07, 6.45) is 1.61. The van der Waals surface area contributed by atoms with E-state index in [1.807, 2.05) is 0 Å². The normalized spacial score (nSPS) is 12.0. The van der Waals surface area contributed by atoms with Crippen LogP contribution in [0.1, 0.15) is 16.7 Å². The molecule has 0 aliphatic carbocycles. The van der Waals surface area contributed by atoms with Gasteiger partial charge in [0.05, 0.1) is 16.9 Å². The van der Waals surface area contributed by atoms with Gasteiger partial charge < -0.3 is 4.55 Å². The molecule has 4 aromatic rings. The van der Waals surface area contributed by atoms with Crippen LogP contribution in [-0.2, 0) is 23.3 Å². The van der Waals surface area contributed by atoms with Gasteiger partial charge in [-0.2, -0.15) is 9.78 Å². The van der Waals surface area contributed by atoms with Gasteiger partial charge in [0.2, 0.25) is 0 Å². The first-order valence-corrected chi connectivity index (χ1v) is 11.4. The summed E-state index contributed by atoms with van der Waals surface area (Å²) >= 11 is 3.66. The topological polar surface area (TPSA) is 75.0 Å². The molecule has 0 spiro atoms. The standard InChI is InChI=1S/C24H17ClF2N2O3S/c25-22-12-19(8-9-23(22)27)29-24(30)20(11-16-2-1-3-18(26)10-16)21(13-28-29)17-6-4-15(5-7-17)14-33(31)32/h1-10,12-13H,11,14H2,(H,31,32)/p-1. The molecule has 4 rings (SSSR count). The fraction of sp³-hybridized carbons (Fsp3) is 0.0833. The van der Waals surface area contributed by atoms with E-state index in [1.54, 1.807) is 36.4 Å². The predicted octanol–water partition coefficient (Wildman–Crippen LogP) is 4.80. The molecule has 5 nitrogen and oxygen atoms in total. The van der Waals surface area contributed by atoms with Crippen LogP contribution < -0.4 is 5.56 Å². The van der Waals surface area contributed by atoms with E-state index in [4.69, 9.17) is 11.6 Å². The highest BCUT2D eigenvalue weighted by Crippen LogP contribution is 2.25. The van der Waals surface area contributed by atoms with Gasteiger partial charge in [-0.25, -0.2) is 8.78 Å². The van der Waals surface area contributed by atoms with Crippen molar-refractivity contribution in [1.29, 1.82) is 0 Å². The van der Waals surface area contributed by atoms with Crippen LogP contribution in [0.2, 0.25) is 5.02 Å². The minimum absolute atomic E-state index is 0.121. The molecule has 0 bridgehead atoms. The highest BCUT2D eigenvalue weighted by molar-refractivity contribution is 7.78. The lowest BCUT2D eigenvalue weighted by molar-refractivity contribution is 0.536. The average Bonchev–Trinajstić information content (AvgIpc) is 2.77. The second kappa shape index (κ2) is 9.74. The van der Waals surface area contributed by atoms with E-state index in [-0.39, 0.29) is 22.9 Å². The van der Waals surface area contributed by atoms with E-state index in [9.17, 15) is 22.3 Å². The fourth-order valence-electron chi connectivity index (χ4n) is 3.48. The Bertz CT molecular complexity index is 1410. The van der Waals surface area contributed by atoms with Crippen molar-refractivity contribution in [3.63, 3.8) is 0 Å². The van der Waals surface area contributed by atoms with Crippen LogP contribution in [0.5, 0.6) is 0 Å². The number of hydrogen-bond donors (Lipinski definition) is 0. The zero-order valence-corrected chi connectivity index (χ0v) is 18.6. The Balaban J connectivity index is 1.85. The molecule has 33 heavy (non-hydrogen) atoms. The van der Waals surface area contributed by atoms with Crippen LogP contribution in [0.25, 0.3) is 16.8 Å². The van der Waals surface area contributed by atoms with Crippen LogP contribution >= 0.6 is 11.6 Å². The quantitative estimate of drug-likeness (QED) is 0.368. The summed E-state index contributed by atoms with van der Waals surface area (Å²) in [4.78, 5) is 13.4. The molecule has 1 atom stereocenters. The van der Waals surface area contributed by atoms with E-state index in [2.05, 4.69) is 5.10 Å². The van der Waals surface area contributed by atoms with Gasteiger partial charge in [0.25, 0.3) is 5.56 Å². The summed E-state index contributed by atoms with van der Waals surface area (Å²) in [5.41, 5.74) is 2.51. The molecule has 3 aromatic carbocycles. The maximum absolute atomic E-state index is 13.8. The molecule has 0 aliphatic rings. The first kappa shape index (κ1) is 23.0. The molecule has 1 aromatic heterocycles. The van der Waals surface area contributed by atoms with Gasteiger partial charge in [0, 0.05) is 23.3 Å². The van der Waals surface area contributed by atoms with Crippen molar-refractivity contribution in [2.75, 3.05) is 0 Å². The Morgan fingerprint density at radius 3 is 2.42 bits per heavy atom. The van der Waals surface area contributed by atoms with Crippen LogP contribution in [0.15, 0.2) is 77.7 Å². The zero-order chi connectivity index (χ0) is 23.5. The van der Waals surface area contributed by atoms with Gasteiger partial charge in [-0.1, -0.05) is 59.1 Å². The number of benzene rings is 3. The van der Waals surface area contributed by atoms with Gasteiger partial charge in [-0.15, -0.1) is 0 Å². The third kappa shape index (κ3) is 5.24. The zero-order valence-electron chi connectivity index (χ0n) is 17.0. The van der Waals surface area contributed by atoms with Crippen molar-refractivity contribution in [3.05, 3.63) is 117 Å². The van der Waals surface area contributed by atoms with Crippen LogP contribution in [-0.4, -0.2) is 18.5 Å². The van der Waals surface area contributed by atoms with Gasteiger partial charge in [-0.3, -0.25) is 9.00 Å². The van der Waals surface area contributed by atoms with E-state index < -0.39 is 28.3 Å². The first-order valence-electron chi connectivity index (χ1n) is 9.78. The van der Waals surface area contributed by atoms with Crippen molar-refractivity contribution in [1.82, 2.24) is 9.78 Å². The van der Waals surface area contributed by atoms with Gasteiger partial charge in [0.1, 0.15) is 11.6 Å². The molecule has 168 valence electrons. The highest BCUT2D eigenvalue weighted by Gasteiger charge is 2.16. The van der Waals surface area contributed by atoms with Crippen molar-refractivity contribution in [2.24, 2.45) is 0 Å². The van der Waals surface area contributed by atoms with Gasteiger partial charge >= 0.3 is 0 Å². The molecular formula is C24H16ClF2N2O3S-. The lowest BCUT2D eigenvalue weighted by Gasteiger charge is -2.14. The van der Waals surface area contributed by atoms with E-state index in [1.165, 1.54) is 30.5 Å². The molecule has 1 unspecified atom stereocenters. The number of aromatic nitrogens is 2. The lowest BCUT2D eigenvalue weighted by atomic mass is 9.97. The second-order valence-electron chi connectivity index (χ2n) is 7.30. The second-order valence-corrected chi connectivity index (χ2v) is 8.61. The summed E-state index contributed by atoms with van der Waals surface area (Å²) < 4.78 is 50.4. The summed E-state index contributed by atoms with van der Waals surface area (Å²) in [5.74, 6) is -1.17. The molecule has 0 saturated heterocycles. The lowest BCUT2D eigenvalue weighted by Crippen LogP contribution is -2.26. The Labute approximate surface area is 195 Å². The highest BCUT2D eigenvalue weighted by atomic mass is 35.5. The Morgan fingerprint density at radius 1 is 1.00 bits per heavy atom. The Morgan fingerprint density at radius 2 is 1.76 bits per heavy atom. The van der Waals surface area contributed by atoms with Gasteiger partial charge in [-0.05, 0) is 47.0 Å². The molecule has 0 aliphatic heterocycles. The molecule has 0 fully saturated rings. The molecule has 0 amide bonds. The van der Waals surface area contributed by atoms with E-state index in [0.717, 1.165) is 10.7 Å². The predicted molar refractivity (Wildman–Crippen MR) is 122 cm³/mol. The summed E-state index contributed by atoms with van der Waals surface area (Å²) in [7, 11) is 0. The SMILES string of the molecule is O=c1c(Cc2cccc(F)c2)c(-c2ccc(CS(=O)[O-])cc2)cnn1-c1ccc(F)c(Cl)c1. The number of hydrogen-bond acceptors (Lipinski definition) is 4. The summed E-state index contributed by atoms with van der Waals surface area (Å²) in [5, 5.41) is 4.09. The smallest absolute Gasteiger partial charge is 0.275 e. The third-order valence-electron chi connectivity index (χ3n) is 5.05. The maximum Gasteiger partial charge on any atom is 0.275 e. The fourth-order valence-corrected chi connectivity index (χ4v) is 4.12. The molecule has 0 N–H and O–H groups in total. The van der Waals surface area contributed by atoms with E-state index >= 15 is 0 Å². The van der Waals surface area contributed by atoms with Crippen molar-refractivity contribution in [2.45, 2.75) is 12.2 Å². The first-order chi connectivity index (χ1) is 15.8. The molecule has 0 saturated carbocycles. The minimum atomic E-state index is -2.22. The maximum atomic E-state index is 13.8. The Kier molecular flexibility index (Phi) is 6.78. The van der Waals surface area contributed by atoms with Gasteiger partial charge in [0.15, 0.2) is 0 Å². The van der Waals surface area contributed by atoms with Crippen molar-refractivity contribution >= 4 is 22.7 Å². The summed E-state index contributed by atoms with van der Waals surface area (Å²) in [6, 6.07) is 16.5. The summed E-state index contributed by atoms with van der Waals surface area (Å²) in [6.45, 7) is 0. The van der Waals surface area contributed by atoms with Crippen LogP contribution in [0, 0.1) is 11.6 Å². The molecule has 0 radical (unpaired) electrons. The van der Waals surface area contributed by atoms with Crippen LogP contribution in [0.3, 0.4) is 0 Å². The van der Waals surface area contributed by atoms with Crippen molar-refractivity contribution in [3.8, 4) is 16.8 Å². The third-order valence-corrected chi connectivity index (χ3v) is 5.90. The molecule has 1 heterocycles. The average molecular weight is 486 g/mol. The number of rotatable bonds is 6. The molecular weight excluding hydrogens is 470 g/mol. The van der Waals surface area contributed by atoms with Crippen LogP contribution in [0.4, 0.5) is 8.78 Å². The number of nitrogens with zero attached hydrogens (tertiary/aromatic N) is 2.